The zero-order chi connectivity index (χ0) is 17.0. The Morgan fingerprint density at radius 1 is 0.600 bits per heavy atom. The van der Waals surface area contributed by atoms with E-state index in [-0.39, 0.29) is 0 Å². The van der Waals surface area contributed by atoms with Crippen LogP contribution in [0.25, 0.3) is 42.4 Å². The lowest BCUT2D eigenvalue weighted by Gasteiger charge is -2.11. The van der Waals surface area contributed by atoms with Gasteiger partial charge in [-0.05, 0) is 68.0 Å². The van der Waals surface area contributed by atoms with Crippen LogP contribution in [0, 0.1) is 0 Å². The van der Waals surface area contributed by atoms with Crippen LogP contribution in [-0.4, -0.2) is 14.2 Å². The van der Waals surface area contributed by atoms with E-state index >= 15 is 0 Å². The van der Waals surface area contributed by atoms with E-state index in [9.17, 15) is 0 Å². The molecule has 0 radical (unpaired) electrons. The fraction of sp³-hybridized carbons (Fsp3) is 0.0909. The van der Waals surface area contributed by atoms with Crippen LogP contribution >= 0.6 is 11.3 Å². The van der Waals surface area contributed by atoms with Crippen molar-refractivity contribution < 1.29 is 9.47 Å². The maximum absolute atomic E-state index is 5.47. The predicted molar refractivity (Wildman–Crippen MR) is 107 cm³/mol. The molecular weight excluding hydrogens is 328 g/mol. The van der Waals surface area contributed by atoms with Crippen molar-refractivity contribution in [3.63, 3.8) is 0 Å². The van der Waals surface area contributed by atoms with E-state index in [1.54, 1.807) is 25.6 Å². The van der Waals surface area contributed by atoms with Crippen molar-refractivity contribution in [2.75, 3.05) is 14.2 Å². The van der Waals surface area contributed by atoms with Gasteiger partial charge in [0.1, 0.15) is 0 Å². The Kier molecular flexibility index (Phi) is 3.12. The molecule has 2 nitrogen and oxygen atoms in total. The first-order valence-corrected chi connectivity index (χ1v) is 9.05. The van der Waals surface area contributed by atoms with Crippen molar-refractivity contribution in [1.82, 2.24) is 0 Å². The Morgan fingerprint density at radius 2 is 1.28 bits per heavy atom. The lowest BCUT2D eigenvalue weighted by molar-refractivity contribution is 0.356. The number of methoxy groups -OCH3 is 2. The highest BCUT2D eigenvalue weighted by Crippen LogP contribution is 2.38. The molecule has 0 aliphatic rings. The minimum Gasteiger partial charge on any atom is -0.493 e. The molecule has 1 aromatic heterocycles. The number of hydrogen-bond donors (Lipinski definition) is 0. The summed E-state index contributed by atoms with van der Waals surface area (Å²) in [7, 11) is 3.35. The molecular formula is C22H16O2S. The molecule has 0 bridgehead atoms. The summed E-state index contributed by atoms with van der Waals surface area (Å²) in [4.78, 5) is 0. The number of ether oxygens (including phenoxy) is 2. The topological polar surface area (TPSA) is 18.5 Å². The molecule has 0 amide bonds. The molecule has 0 saturated carbocycles. The molecule has 122 valence electrons. The standard InChI is InChI=1S/C22H16O2S/c1-23-20-11-15-9-14-4-6-18-17(5-3-13-7-8-25-22(13)18)19(14)10-16(15)12-21(20)24-2/h3-12H,1-2H3. The van der Waals surface area contributed by atoms with E-state index in [1.807, 2.05) is 6.07 Å². The van der Waals surface area contributed by atoms with Gasteiger partial charge in [0.05, 0.1) is 14.2 Å². The Balaban J connectivity index is 1.91. The van der Waals surface area contributed by atoms with Gasteiger partial charge in [-0.25, -0.2) is 0 Å². The van der Waals surface area contributed by atoms with E-state index < -0.39 is 0 Å². The van der Waals surface area contributed by atoms with Gasteiger partial charge in [0, 0.05) is 10.1 Å². The van der Waals surface area contributed by atoms with Crippen LogP contribution in [0.3, 0.4) is 0 Å². The normalized spacial score (nSPS) is 11.6. The number of rotatable bonds is 2. The molecule has 5 aromatic rings. The van der Waals surface area contributed by atoms with Gasteiger partial charge >= 0.3 is 0 Å². The molecule has 0 N–H and O–H groups in total. The van der Waals surface area contributed by atoms with E-state index in [2.05, 4.69) is 53.9 Å². The molecule has 0 saturated heterocycles. The third kappa shape index (κ3) is 2.09. The maximum atomic E-state index is 5.47. The summed E-state index contributed by atoms with van der Waals surface area (Å²) in [6, 6.07) is 19.7. The number of fused-ring (bicyclic) bond motifs is 6. The molecule has 0 spiro atoms. The summed E-state index contributed by atoms with van der Waals surface area (Å²) in [6.45, 7) is 0. The number of thiophene rings is 1. The highest BCUT2D eigenvalue weighted by molar-refractivity contribution is 7.18. The van der Waals surface area contributed by atoms with Gasteiger partial charge in [-0.1, -0.05) is 24.3 Å². The van der Waals surface area contributed by atoms with Crippen LogP contribution in [0.15, 0.2) is 60.0 Å². The van der Waals surface area contributed by atoms with E-state index in [0.717, 1.165) is 22.3 Å². The van der Waals surface area contributed by atoms with E-state index in [4.69, 9.17) is 9.47 Å². The van der Waals surface area contributed by atoms with Gasteiger partial charge in [0.15, 0.2) is 11.5 Å². The smallest absolute Gasteiger partial charge is 0.161 e. The summed E-state index contributed by atoms with van der Waals surface area (Å²) >= 11 is 1.80. The molecule has 3 heteroatoms. The Hall–Kier alpha value is -2.78. The average Bonchev–Trinajstić information content (AvgIpc) is 3.14. The molecule has 0 unspecified atom stereocenters. The monoisotopic (exact) mass is 344 g/mol. The molecule has 4 aromatic carbocycles. The van der Waals surface area contributed by atoms with Gasteiger partial charge in [0.2, 0.25) is 0 Å². The van der Waals surface area contributed by atoms with Crippen molar-refractivity contribution >= 4 is 53.7 Å². The van der Waals surface area contributed by atoms with E-state index in [0.29, 0.717) is 0 Å². The number of benzene rings is 4. The lowest BCUT2D eigenvalue weighted by atomic mass is 9.97. The molecule has 5 rings (SSSR count). The van der Waals surface area contributed by atoms with Crippen molar-refractivity contribution in [2.24, 2.45) is 0 Å². The first kappa shape index (κ1) is 14.6. The van der Waals surface area contributed by atoms with Crippen molar-refractivity contribution in [3.8, 4) is 11.5 Å². The average molecular weight is 344 g/mol. The van der Waals surface area contributed by atoms with Crippen molar-refractivity contribution in [1.29, 1.82) is 0 Å². The fourth-order valence-corrected chi connectivity index (χ4v) is 4.57. The SMILES string of the molecule is COc1cc2cc3ccc4c(ccc5ccsc54)c3cc2cc1OC. The molecule has 0 atom stereocenters. The van der Waals surface area contributed by atoms with Crippen LogP contribution in [0.5, 0.6) is 11.5 Å². The Morgan fingerprint density at radius 3 is 2.04 bits per heavy atom. The molecule has 25 heavy (non-hydrogen) atoms. The van der Waals surface area contributed by atoms with Crippen LogP contribution in [0.1, 0.15) is 0 Å². The largest absolute Gasteiger partial charge is 0.493 e. The zero-order valence-electron chi connectivity index (χ0n) is 14.0. The third-order valence-corrected chi connectivity index (χ3v) is 5.85. The highest BCUT2D eigenvalue weighted by atomic mass is 32.1. The fourth-order valence-electron chi connectivity index (χ4n) is 3.64. The molecule has 0 fully saturated rings. The highest BCUT2D eigenvalue weighted by Gasteiger charge is 2.10. The van der Waals surface area contributed by atoms with Gasteiger partial charge < -0.3 is 9.47 Å². The van der Waals surface area contributed by atoms with Crippen molar-refractivity contribution in [3.05, 3.63) is 60.0 Å². The van der Waals surface area contributed by atoms with Crippen LogP contribution in [0.4, 0.5) is 0 Å². The van der Waals surface area contributed by atoms with Gasteiger partial charge in [-0.3, -0.25) is 0 Å². The Labute approximate surface area is 149 Å². The first-order chi connectivity index (χ1) is 12.3. The van der Waals surface area contributed by atoms with Gasteiger partial charge in [0.25, 0.3) is 0 Å². The van der Waals surface area contributed by atoms with Crippen LogP contribution < -0.4 is 9.47 Å². The van der Waals surface area contributed by atoms with Crippen LogP contribution in [-0.2, 0) is 0 Å². The molecule has 1 heterocycles. The summed E-state index contributed by atoms with van der Waals surface area (Å²) in [5.74, 6) is 1.52. The zero-order valence-corrected chi connectivity index (χ0v) is 14.8. The first-order valence-electron chi connectivity index (χ1n) is 8.17. The second-order valence-corrected chi connectivity index (χ2v) is 7.11. The number of hydrogen-bond acceptors (Lipinski definition) is 3. The minimum atomic E-state index is 0.759. The van der Waals surface area contributed by atoms with Crippen molar-refractivity contribution in [2.45, 2.75) is 0 Å². The quantitative estimate of drug-likeness (QED) is 0.273. The predicted octanol–water partition coefficient (Wildman–Crippen LogP) is 6.38. The maximum Gasteiger partial charge on any atom is 0.161 e. The lowest BCUT2D eigenvalue weighted by Crippen LogP contribution is -1.90. The Bertz CT molecular complexity index is 1270. The van der Waals surface area contributed by atoms with Gasteiger partial charge in [-0.15, -0.1) is 11.3 Å². The summed E-state index contributed by atoms with van der Waals surface area (Å²) < 4.78 is 12.3. The molecule has 0 aliphatic carbocycles. The summed E-state index contributed by atoms with van der Waals surface area (Å²) in [5.41, 5.74) is 0. The minimum absolute atomic E-state index is 0.759. The van der Waals surface area contributed by atoms with Crippen LogP contribution in [0.2, 0.25) is 0 Å². The molecule has 0 aliphatic heterocycles. The van der Waals surface area contributed by atoms with E-state index in [1.165, 1.54) is 31.6 Å². The second-order valence-electron chi connectivity index (χ2n) is 6.19. The van der Waals surface area contributed by atoms with Gasteiger partial charge in [-0.2, -0.15) is 0 Å². The summed E-state index contributed by atoms with van der Waals surface area (Å²) in [6.07, 6.45) is 0. The summed E-state index contributed by atoms with van der Waals surface area (Å²) in [5, 5.41) is 10.9. The second kappa shape index (κ2) is 5.36. The third-order valence-electron chi connectivity index (χ3n) is 4.89.